The van der Waals surface area contributed by atoms with Gasteiger partial charge in [0.25, 0.3) is 5.56 Å². The van der Waals surface area contributed by atoms with Gasteiger partial charge in [-0.15, -0.1) is 0 Å². The first-order valence-corrected chi connectivity index (χ1v) is 9.14. The van der Waals surface area contributed by atoms with Crippen molar-refractivity contribution in [2.45, 2.75) is 36.7 Å². The summed E-state index contributed by atoms with van der Waals surface area (Å²) in [5, 5.41) is 0. The van der Waals surface area contributed by atoms with E-state index in [9.17, 15) is 13.2 Å². The molecular formula is C16H17N3O3S. The second-order valence-electron chi connectivity index (χ2n) is 6.08. The molecule has 0 N–H and O–H groups in total. The molecule has 2 aromatic rings. The van der Waals surface area contributed by atoms with Crippen LogP contribution in [0.1, 0.15) is 30.0 Å². The van der Waals surface area contributed by atoms with Gasteiger partial charge in [-0.1, -0.05) is 0 Å². The van der Waals surface area contributed by atoms with E-state index in [1.807, 2.05) is 6.20 Å². The summed E-state index contributed by atoms with van der Waals surface area (Å²) in [7, 11) is -3.55. The van der Waals surface area contributed by atoms with E-state index in [4.69, 9.17) is 0 Å². The molecule has 1 aliphatic heterocycles. The number of fused-ring (bicyclic) bond motifs is 1. The molecule has 0 atom stereocenters. The molecule has 0 amide bonds. The lowest BCUT2D eigenvalue weighted by Crippen LogP contribution is -2.37. The minimum Gasteiger partial charge on any atom is -0.312 e. The van der Waals surface area contributed by atoms with Crippen molar-refractivity contribution in [2.24, 2.45) is 0 Å². The number of sulfonamides is 1. The minimum absolute atomic E-state index is 0.0230. The third-order valence-electron chi connectivity index (χ3n) is 4.45. The highest BCUT2D eigenvalue weighted by molar-refractivity contribution is 7.89. The maximum absolute atomic E-state index is 12.7. The van der Waals surface area contributed by atoms with Crippen LogP contribution in [0.4, 0.5) is 0 Å². The monoisotopic (exact) mass is 331 g/mol. The van der Waals surface area contributed by atoms with E-state index < -0.39 is 10.0 Å². The Kier molecular flexibility index (Phi) is 3.35. The van der Waals surface area contributed by atoms with Gasteiger partial charge in [-0.05, 0) is 42.5 Å². The molecule has 2 aliphatic rings. The Hall–Kier alpha value is -1.99. The second kappa shape index (κ2) is 5.28. The van der Waals surface area contributed by atoms with Crippen LogP contribution in [0.5, 0.6) is 0 Å². The molecular weight excluding hydrogens is 314 g/mol. The predicted molar refractivity (Wildman–Crippen MR) is 84.5 cm³/mol. The zero-order valence-corrected chi connectivity index (χ0v) is 13.4. The van der Waals surface area contributed by atoms with Crippen molar-refractivity contribution < 1.29 is 8.42 Å². The van der Waals surface area contributed by atoms with Gasteiger partial charge >= 0.3 is 0 Å². The number of hydrogen-bond acceptors (Lipinski definition) is 4. The molecule has 0 radical (unpaired) electrons. The van der Waals surface area contributed by atoms with Gasteiger partial charge in [0.1, 0.15) is 4.90 Å². The van der Waals surface area contributed by atoms with Crippen LogP contribution >= 0.6 is 0 Å². The molecule has 1 aliphatic carbocycles. The van der Waals surface area contributed by atoms with Crippen molar-refractivity contribution in [1.29, 1.82) is 0 Å². The molecule has 3 heterocycles. The van der Waals surface area contributed by atoms with Crippen molar-refractivity contribution in [1.82, 2.24) is 13.9 Å². The standard InChI is InChI=1S/C16H17N3O3S/c20-16-8-12-5-7-18(10-13(12)11-19(16)14-3-4-14)23(21,22)15-2-1-6-17-9-15/h1-2,6,8-9,11,14H,3-5,7,10H2. The molecule has 0 bridgehead atoms. The molecule has 0 saturated heterocycles. The molecule has 7 heteroatoms. The maximum Gasteiger partial charge on any atom is 0.251 e. The van der Waals surface area contributed by atoms with Gasteiger partial charge in [-0.25, -0.2) is 8.42 Å². The molecule has 120 valence electrons. The van der Waals surface area contributed by atoms with Crippen LogP contribution in [-0.2, 0) is 23.0 Å². The maximum atomic E-state index is 12.7. The van der Waals surface area contributed by atoms with Gasteiger partial charge in [0, 0.05) is 43.8 Å². The average molecular weight is 331 g/mol. The summed E-state index contributed by atoms with van der Waals surface area (Å²) in [5.41, 5.74) is 1.91. The first kappa shape index (κ1) is 14.6. The van der Waals surface area contributed by atoms with Gasteiger partial charge in [0.05, 0.1) is 0 Å². The lowest BCUT2D eigenvalue weighted by molar-refractivity contribution is 0.388. The largest absolute Gasteiger partial charge is 0.312 e. The highest BCUT2D eigenvalue weighted by Gasteiger charge is 2.31. The molecule has 1 fully saturated rings. The molecule has 0 aromatic carbocycles. The van der Waals surface area contributed by atoms with Crippen LogP contribution in [0.25, 0.3) is 0 Å². The van der Waals surface area contributed by atoms with Gasteiger partial charge in [0.15, 0.2) is 0 Å². The Labute approximate surface area is 134 Å². The van der Waals surface area contributed by atoms with E-state index in [0.29, 0.717) is 19.5 Å². The second-order valence-corrected chi connectivity index (χ2v) is 8.02. The van der Waals surface area contributed by atoms with Crippen molar-refractivity contribution in [3.05, 3.63) is 58.3 Å². The quantitative estimate of drug-likeness (QED) is 0.850. The van der Waals surface area contributed by atoms with Gasteiger partial charge in [0.2, 0.25) is 10.0 Å². The minimum atomic E-state index is -3.55. The van der Waals surface area contributed by atoms with E-state index in [-0.39, 0.29) is 16.5 Å². The molecule has 1 saturated carbocycles. The van der Waals surface area contributed by atoms with Gasteiger partial charge in [-0.3, -0.25) is 9.78 Å². The van der Waals surface area contributed by atoms with E-state index in [2.05, 4.69) is 4.98 Å². The van der Waals surface area contributed by atoms with E-state index in [0.717, 1.165) is 24.0 Å². The molecule has 23 heavy (non-hydrogen) atoms. The highest BCUT2D eigenvalue weighted by Crippen LogP contribution is 2.34. The Bertz CT molecular complexity index is 902. The predicted octanol–water partition coefficient (Wildman–Crippen LogP) is 1.33. The number of aromatic nitrogens is 2. The summed E-state index contributed by atoms with van der Waals surface area (Å²) in [6, 6.07) is 5.14. The summed E-state index contributed by atoms with van der Waals surface area (Å²) in [6.45, 7) is 0.691. The average Bonchev–Trinajstić information content (AvgIpc) is 3.39. The summed E-state index contributed by atoms with van der Waals surface area (Å²) in [6.07, 6.45) is 7.39. The van der Waals surface area contributed by atoms with Crippen LogP contribution < -0.4 is 5.56 Å². The molecule has 6 nitrogen and oxygen atoms in total. The Balaban J connectivity index is 1.68. The summed E-state index contributed by atoms with van der Waals surface area (Å²) >= 11 is 0. The zero-order valence-electron chi connectivity index (χ0n) is 12.6. The third kappa shape index (κ3) is 2.60. The fourth-order valence-electron chi connectivity index (χ4n) is 3.01. The topological polar surface area (TPSA) is 72.3 Å². The summed E-state index contributed by atoms with van der Waals surface area (Å²) in [4.78, 5) is 16.2. The van der Waals surface area contributed by atoms with Crippen molar-refractivity contribution in [2.75, 3.05) is 6.54 Å². The molecule has 4 rings (SSSR count). The third-order valence-corrected chi connectivity index (χ3v) is 6.28. The molecule has 2 aromatic heterocycles. The normalized spacial score (nSPS) is 18.6. The fourth-order valence-corrected chi connectivity index (χ4v) is 4.40. The van der Waals surface area contributed by atoms with E-state index in [1.54, 1.807) is 29.0 Å². The summed E-state index contributed by atoms with van der Waals surface area (Å²) < 4.78 is 28.6. The van der Waals surface area contributed by atoms with Crippen LogP contribution in [-0.4, -0.2) is 28.8 Å². The van der Waals surface area contributed by atoms with Crippen LogP contribution in [0.2, 0.25) is 0 Å². The number of pyridine rings is 2. The number of rotatable bonds is 3. The van der Waals surface area contributed by atoms with Crippen molar-refractivity contribution in [3.8, 4) is 0 Å². The Morgan fingerprint density at radius 3 is 2.74 bits per heavy atom. The van der Waals surface area contributed by atoms with Gasteiger partial charge < -0.3 is 4.57 Å². The first-order valence-electron chi connectivity index (χ1n) is 7.70. The van der Waals surface area contributed by atoms with Crippen LogP contribution in [0.15, 0.2) is 46.5 Å². The Morgan fingerprint density at radius 2 is 2.04 bits per heavy atom. The van der Waals surface area contributed by atoms with Crippen LogP contribution in [0.3, 0.4) is 0 Å². The fraction of sp³-hybridized carbons (Fsp3) is 0.375. The molecule has 0 spiro atoms. The zero-order chi connectivity index (χ0) is 16.0. The SMILES string of the molecule is O=c1cc2c(cn1C1CC1)CN(S(=O)(=O)c1cccnc1)CC2. The lowest BCUT2D eigenvalue weighted by Gasteiger charge is -2.28. The number of nitrogens with zero attached hydrogens (tertiary/aromatic N) is 3. The van der Waals surface area contributed by atoms with E-state index in [1.165, 1.54) is 10.5 Å². The van der Waals surface area contributed by atoms with Crippen molar-refractivity contribution >= 4 is 10.0 Å². The molecule has 0 unspecified atom stereocenters. The number of hydrogen-bond donors (Lipinski definition) is 0. The smallest absolute Gasteiger partial charge is 0.251 e. The lowest BCUT2D eigenvalue weighted by atomic mass is 10.0. The van der Waals surface area contributed by atoms with Gasteiger partial charge in [-0.2, -0.15) is 4.31 Å². The Morgan fingerprint density at radius 1 is 1.22 bits per heavy atom. The van der Waals surface area contributed by atoms with Crippen LogP contribution in [0, 0.1) is 0 Å². The first-order chi connectivity index (χ1) is 11.1. The summed E-state index contributed by atoms with van der Waals surface area (Å²) in [5.74, 6) is 0. The van der Waals surface area contributed by atoms with Crippen molar-refractivity contribution in [3.63, 3.8) is 0 Å². The van der Waals surface area contributed by atoms with E-state index >= 15 is 0 Å². The highest BCUT2D eigenvalue weighted by atomic mass is 32.2.